The van der Waals surface area contributed by atoms with Crippen molar-refractivity contribution >= 4 is 46.8 Å². The molecular formula is C23H16Cl2N2O4. The normalized spacial score (nSPS) is 11.0. The van der Waals surface area contributed by atoms with E-state index in [-0.39, 0.29) is 11.3 Å². The molecule has 0 saturated carbocycles. The Kier molecular flexibility index (Phi) is 6.81. The molecule has 0 unspecified atom stereocenters. The highest BCUT2D eigenvalue weighted by molar-refractivity contribution is 6.33. The van der Waals surface area contributed by atoms with E-state index in [1.807, 2.05) is 13.0 Å². The van der Waals surface area contributed by atoms with Gasteiger partial charge in [-0.25, -0.2) is 4.79 Å². The highest BCUT2D eigenvalue weighted by atomic mass is 35.5. The molecule has 8 heteroatoms. The summed E-state index contributed by atoms with van der Waals surface area (Å²) in [4.78, 5) is 24.2. The molecule has 0 spiro atoms. The van der Waals surface area contributed by atoms with Crippen molar-refractivity contribution in [1.29, 1.82) is 5.26 Å². The SMILES string of the molecule is COC(=O)c1ccc(Cl)c(-c2ccc(/C=C(/C#N)C(=O)Nc3ccc(C)c(Cl)c3)o2)c1. The van der Waals surface area contributed by atoms with Crippen LogP contribution in [-0.2, 0) is 9.53 Å². The predicted molar refractivity (Wildman–Crippen MR) is 119 cm³/mol. The first-order chi connectivity index (χ1) is 14.8. The predicted octanol–water partition coefficient (Wildman–Crippen LogP) is 5.89. The van der Waals surface area contributed by atoms with Gasteiger partial charge in [0.2, 0.25) is 0 Å². The molecule has 0 aliphatic rings. The number of hydrogen-bond acceptors (Lipinski definition) is 5. The molecule has 31 heavy (non-hydrogen) atoms. The molecule has 1 heterocycles. The maximum atomic E-state index is 12.5. The van der Waals surface area contributed by atoms with Crippen LogP contribution >= 0.6 is 23.2 Å². The summed E-state index contributed by atoms with van der Waals surface area (Å²) in [5, 5.41) is 12.9. The quantitative estimate of drug-likeness (QED) is 0.294. The number of nitrogens with zero attached hydrogens (tertiary/aromatic N) is 1. The number of amides is 1. The van der Waals surface area contributed by atoms with Crippen LogP contribution in [0.3, 0.4) is 0 Å². The average Bonchev–Trinajstić information content (AvgIpc) is 3.22. The molecule has 3 rings (SSSR count). The van der Waals surface area contributed by atoms with Crippen molar-refractivity contribution in [2.24, 2.45) is 0 Å². The number of carbonyl (C=O) groups excluding carboxylic acids is 2. The number of aryl methyl sites for hydroxylation is 1. The molecule has 0 fully saturated rings. The smallest absolute Gasteiger partial charge is 0.337 e. The van der Waals surface area contributed by atoms with Gasteiger partial charge in [-0.3, -0.25) is 4.79 Å². The van der Waals surface area contributed by atoms with Gasteiger partial charge in [0, 0.05) is 22.3 Å². The Morgan fingerprint density at radius 1 is 1.10 bits per heavy atom. The van der Waals surface area contributed by atoms with Gasteiger partial charge in [0.15, 0.2) is 0 Å². The minimum Gasteiger partial charge on any atom is -0.465 e. The summed E-state index contributed by atoms with van der Waals surface area (Å²) >= 11 is 12.3. The second-order valence-electron chi connectivity index (χ2n) is 6.48. The Labute approximate surface area is 188 Å². The second-order valence-corrected chi connectivity index (χ2v) is 7.29. The van der Waals surface area contributed by atoms with Crippen LogP contribution in [0.4, 0.5) is 5.69 Å². The molecule has 3 aromatic rings. The van der Waals surface area contributed by atoms with Gasteiger partial charge in [-0.1, -0.05) is 29.3 Å². The molecule has 6 nitrogen and oxygen atoms in total. The van der Waals surface area contributed by atoms with Crippen LogP contribution in [0.5, 0.6) is 0 Å². The van der Waals surface area contributed by atoms with Crippen molar-refractivity contribution < 1.29 is 18.7 Å². The molecule has 0 aliphatic carbocycles. The van der Waals surface area contributed by atoms with Gasteiger partial charge in [0.25, 0.3) is 5.91 Å². The van der Waals surface area contributed by atoms with Gasteiger partial charge in [-0.05, 0) is 55.0 Å². The second kappa shape index (κ2) is 9.52. The molecule has 1 amide bonds. The molecular weight excluding hydrogens is 439 g/mol. The fourth-order valence-corrected chi connectivity index (χ4v) is 3.09. The van der Waals surface area contributed by atoms with Gasteiger partial charge >= 0.3 is 5.97 Å². The number of carbonyl (C=O) groups is 2. The van der Waals surface area contributed by atoms with Crippen LogP contribution in [0.1, 0.15) is 21.7 Å². The lowest BCUT2D eigenvalue weighted by atomic mass is 10.1. The zero-order chi connectivity index (χ0) is 22.5. The molecule has 0 atom stereocenters. The Balaban J connectivity index is 1.85. The van der Waals surface area contributed by atoms with Crippen LogP contribution < -0.4 is 5.32 Å². The summed E-state index contributed by atoms with van der Waals surface area (Å²) in [6.07, 6.45) is 1.31. The molecule has 0 radical (unpaired) electrons. The van der Waals surface area contributed by atoms with Crippen LogP contribution in [0.25, 0.3) is 17.4 Å². The number of benzene rings is 2. The average molecular weight is 455 g/mol. The number of nitriles is 1. The number of ether oxygens (including phenoxy) is 1. The van der Waals surface area contributed by atoms with Crippen molar-refractivity contribution in [3.63, 3.8) is 0 Å². The van der Waals surface area contributed by atoms with Crippen molar-refractivity contribution in [2.45, 2.75) is 6.92 Å². The maximum Gasteiger partial charge on any atom is 0.337 e. The lowest BCUT2D eigenvalue weighted by Gasteiger charge is -2.06. The molecule has 1 aromatic heterocycles. The standard InChI is InChI=1S/C23H16Cl2N2O4/c1-13-3-5-16(11-20(13)25)27-22(28)15(12-26)9-17-6-8-21(31-17)18-10-14(23(29)30-2)4-7-19(18)24/h3-11H,1-2H3,(H,27,28)/b15-9-. The fourth-order valence-electron chi connectivity index (χ4n) is 2.69. The van der Waals surface area contributed by atoms with Gasteiger partial charge < -0.3 is 14.5 Å². The molecule has 0 bridgehead atoms. The Bertz CT molecular complexity index is 1240. The zero-order valence-corrected chi connectivity index (χ0v) is 18.0. The Morgan fingerprint density at radius 3 is 2.55 bits per heavy atom. The number of furan rings is 1. The Hall–Kier alpha value is -3.53. The van der Waals surface area contributed by atoms with Crippen LogP contribution in [-0.4, -0.2) is 19.0 Å². The van der Waals surface area contributed by atoms with Crippen LogP contribution in [0.15, 0.2) is 58.5 Å². The van der Waals surface area contributed by atoms with E-state index < -0.39 is 11.9 Å². The molecule has 156 valence electrons. The number of rotatable bonds is 5. The number of nitrogens with one attached hydrogen (secondary N) is 1. The number of esters is 1. The minimum absolute atomic E-state index is 0.160. The zero-order valence-electron chi connectivity index (χ0n) is 16.5. The van der Waals surface area contributed by atoms with Crippen LogP contribution in [0.2, 0.25) is 10.0 Å². The third-order valence-corrected chi connectivity index (χ3v) is 5.10. The van der Waals surface area contributed by atoms with Crippen molar-refractivity contribution in [3.8, 4) is 17.4 Å². The highest BCUT2D eigenvalue weighted by Crippen LogP contribution is 2.31. The lowest BCUT2D eigenvalue weighted by molar-refractivity contribution is -0.112. The maximum absolute atomic E-state index is 12.5. The van der Waals surface area contributed by atoms with E-state index in [9.17, 15) is 14.9 Å². The summed E-state index contributed by atoms with van der Waals surface area (Å²) in [5.41, 5.74) is 1.96. The summed E-state index contributed by atoms with van der Waals surface area (Å²) in [6, 6.07) is 14.8. The topological polar surface area (TPSA) is 92.3 Å². The number of hydrogen-bond donors (Lipinski definition) is 1. The molecule has 0 saturated heterocycles. The van der Waals surface area contributed by atoms with E-state index in [4.69, 9.17) is 32.4 Å². The van der Waals surface area contributed by atoms with Gasteiger partial charge in [0.05, 0.1) is 17.7 Å². The number of halogens is 2. The monoisotopic (exact) mass is 454 g/mol. The van der Waals surface area contributed by atoms with Gasteiger partial charge in [0.1, 0.15) is 23.2 Å². The van der Waals surface area contributed by atoms with Crippen molar-refractivity contribution in [2.75, 3.05) is 12.4 Å². The fraction of sp³-hybridized carbons (Fsp3) is 0.0870. The Morgan fingerprint density at radius 2 is 1.87 bits per heavy atom. The van der Waals surface area contributed by atoms with Crippen molar-refractivity contribution in [1.82, 2.24) is 0 Å². The first kappa shape index (κ1) is 22.2. The lowest BCUT2D eigenvalue weighted by Crippen LogP contribution is -2.13. The first-order valence-electron chi connectivity index (χ1n) is 8.99. The van der Waals surface area contributed by atoms with Gasteiger partial charge in [-0.15, -0.1) is 0 Å². The van der Waals surface area contributed by atoms with E-state index >= 15 is 0 Å². The summed E-state index contributed by atoms with van der Waals surface area (Å²) < 4.78 is 10.4. The molecule has 0 aliphatic heterocycles. The largest absolute Gasteiger partial charge is 0.465 e. The van der Waals surface area contributed by atoms with E-state index in [2.05, 4.69) is 5.32 Å². The molecule has 2 aromatic carbocycles. The number of methoxy groups -OCH3 is 1. The summed E-state index contributed by atoms with van der Waals surface area (Å²) in [7, 11) is 1.28. The van der Waals surface area contributed by atoms with E-state index in [0.29, 0.717) is 32.6 Å². The van der Waals surface area contributed by atoms with E-state index in [1.165, 1.54) is 19.3 Å². The first-order valence-corrected chi connectivity index (χ1v) is 9.75. The van der Waals surface area contributed by atoms with Crippen molar-refractivity contribution in [3.05, 3.63) is 81.0 Å². The summed E-state index contributed by atoms with van der Waals surface area (Å²) in [5.74, 6) is -0.483. The third kappa shape index (κ3) is 5.15. The molecule has 1 N–H and O–H groups in total. The highest BCUT2D eigenvalue weighted by Gasteiger charge is 2.15. The summed E-state index contributed by atoms with van der Waals surface area (Å²) in [6.45, 7) is 1.84. The van der Waals surface area contributed by atoms with E-state index in [1.54, 1.807) is 42.5 Å². The van der Waals surface area contributed by atoms with Gasteiger partial charge in [-0.2, -0.15) is 5.26 Å². The van der Waals surface area contributed by atoms with Crippen LogP contribution in [0, 0.1) is 18.3 Å². The minimum atomic E-state index is -0.605. The van der Waals surface area contributed by atoms with E-state index in [0.717, 1.165) is 5.56 Å². The third-order valence-electron chi connectivity index (χ3n) is 4.36. The number of anilines is 1.